The van der Waals surface area contributed by atoms with Gasteiger partial charge in [0.15, 0.2) is 46.7 Å². The second-order valence-corrected chi connectivity index (χ2v) is 51.9. The molecule has 8 heterocycles. The van der Waals surface area contributed by atoms with E-state index in [4.69, 9.17) is 57.4 Å². The summed E-state index contributed by atoms with van der Waals surface area (Å²) in [5, 5.41) is 23.0. The van der Waals surface area contributed by atoms with Crippen molar-refractivity contribution in [3.63, 3.8) is 0 Å². The molecule has 10 unspecified atom stereocenters. The Kier molecular flexibility index (Phi) is 31.6. The Bertz CT molecular complexity index is 2750. The second-order valence-electron chi connectivity index (χ2n) is 28.3. The normalized spacial score (nSPS) is 44.5. The van der Waals surface area contributed by atoms with E-state index in [0.717, 1.165) is 0 Å². The fourth-order valence-corrected chi connectivity index (χ4v) is 17.3. The number of nitrogens with zero attached hydrogens (tertiary/aromatic N) is 6. The second kappa shape index (κ2) is 35.3. The summed E-state index contributed by atoms with van der Waals surface area (Å²) >= 11 is 9.48. The monoisotopic (exact) mass is 1910 g/mol. The Morgan fingerprint density at radius 3 is 1.09 bits per heavy atom. The predicted molar refractivity (Wildman–Crippen MR) is 390 cm³/mol. The fourth-order valence-electron chi connectivity index (χ4n) is 17.3. The summed E-state index contributed by atoms with van der Waals surface area (Å²) in [6, 6.07) is -2.51. The Morgan fingerprint density at radius 1 is 0.541 bits per heavy atom. The number of ketones is 4. The van der Waals surface area contributed by atoms with Crippen LogP contribution in [0.3, 0.4) is 0 Å². The molecule has 0 aromatic carbocycles. The van der Waals surface area contributed by atoms with Gasteiger partial charge in [-0.05, 0) is 136 Å². The first-order valence-electron chi connectivity index (χ1n) is 33.5. The number of piperidine rings is 2. The van der Waals surface area contributed by atoms with E-state index in [0.29, 0.717) is 31.8 Å². The first-order valence-corrected chi connectivity index (χ1v) is 51.5. The van der Waals surface area contributed by atoms with Crippen molar-refractivity contribution in [2.24, 2.45) is 57.3 Å². The van der Waals surface area contributed by atoms with E-state index in [-0.39, 0.29) is 48.7 Å². The van der Waals surface area contributed by atoms with Crippen LogP contribution in [-0.2, 0) is 95.1 Å². The molecule has 0 aliphatic carbocycles. The summed E-state index contributed by atoms with van der Waals surface area (Å²) in [6.45, 7) is 30.3. The van der Waals surface area contributed by atoms with Gasteiger partial charge in [0, 0.05) is 50.0 Å². The van der Waals surface area contributed by atoms with Gasteiger partial charge >= 0.3 is 123 Å². The molecular weight excluding hydrogens is 1810 g/mol. The molecule has 32 heteroatoms. The fraction of sp³-hybridized carbons (Fsp3) is 0.848. The zero-order chi connectivity index (χ0) is 74.8. The number of hydrogen-bond acceptors (Lipinski definition) is 24. The van der Waals surface area contributed by atoms with Gasteiger partial charge in [0.1, 0.15) is 71.2 Å². The number of hydrogen-bond donors (Lipinski definition) is 2. The van der Waals surface area contributed by atoms with E-state index in [1.54, 1.807) is 96.9 Å². The average Bonchev–Trinajstić information content (AvgIpc) is 1.40. The number of halogens is 4. The summed E-state index contributed by atoms with van der Waals surface area (Å²) < 4.78 is 62.6. The van der Waals surface area contributed by atoms with E-state index >= 15 is 0 Å². The van der Waals surface area contributed by atoms with Crippen LogP contribution >= 0.6 is 79.9 Å². The van der Waals surface area contributed by atoms with Crippen LogP contribution < -0.4 is 0 Å². The van der Waals surface area contributed by atoms with Crippen LogP contribution in [0.15, 0.2) is 9.98 Å². The van der Waals surface area contributed by atoms with Gasteiger partial charge in [0.05, 0.1) is 36.1 Å². The Hall–Kier alpha value is -0.811. The number of cyclic esters (lactones) is 2. The van der Waals surface area contributed by atoms with E-state index in [2.05, 4.69) is 79.9 Å². The van der Waals surface area contributed by atoms with Crippen LogP contribution in [0.1, 0.15) is 150 Å². The topological polar surface area (TPSA) is 307 Å². The molecule has 0 aromatic rings. The summed E-state index contributed by atoms with van der Waals surface area (Å²) in [7, 11) is 11.5. The number of carbonyl (C=O) groups excluding carboxylic acids is 8. The van der Waals surface area contributed by atoms with Gasteiger partial charge < -0.3 is 67.4 Å². The zero-order valence-electron chi connectivity index (χ0n) is 61.0. The van der Waals surface area contributed by atoms with Crippen LogP contribution in [0.25, 0.3) is 0 Å². The van der Waals surface area contributed by atoms with Gasteiger partial charge in [-0.1, -0.05) is 55.4 Å². The Morgan fingerprint density at radius 2 is 0.837 bits per heavy atom. The van der Waals surface area contributed by atoms with Crippen LogP contribution in [0, 0.1) is 47.3 Å². The number of ether oxygens (including phenoxy) is 10. The van der Waals surface area contributed by atoms with E-state index in [9.17, 15) is 48.6 Å². The summed E-state index contributed by atoms with van der Waals surface area (Å²) in [6.07, 6.45) is -6.83. The van der Waals surface area contributed by atoms with Crippen molar-refractivity contribution in [2.45, 2.75) is 270 Å². The molecule has 8 rings (SSSR count). The molecular formula is C66H106I4N6O20V2. The molecule has 8 fully saturated rings. The first kappa shape index (κ1) is 87.8. The zero-order valence-corrected chi connectivity index (χ0v) is 72.4. The van der Waals surface area contributed by atoms with E-state index in [1.165, 1.54) is 50.3 Å². The van der Waals surface area contributed by atoms with Crippen LogP contribution in [0.2, 0.25) is 0 Å². The van der Waals surface area contributed by atoms with E-state index in [1.807, 2.05) is 51.8 Å². The van der Waals surface area contributed by atoms with Gasteiger partial charge in [-0.25, -0.2) is 9.59 Å². The number of amides is 2. The maximum atomic E-state index is 14.4. The molecule has 28 atom stereocenters. The summed E-state index contributed by atoms with van der Waals surface area (Å²) in [5.41, 5.74) is -10.0. The molecule has 8 aliphatic heterocycles. The van der Waals surface area contributed by atoms with Crippen molar-refractivity contribution >= 4 is 140 Å². The minimum absolute atomic E-state index is 0.209. The predicted octanol–water partition coefficient (Wildman–Crippen LogP) is 8.74. The standard InChI is InChI=1S/2C33H53N3O10.4HI.2V/c2*1-13-22-31(8)26-17(4)24(38)20(7)33(34-14-2,36(26)30(41)46-31)32(9,42-12)27(18(5)23(37)19(6)28(40)44-22)45-29-25(39)21(35(10)11)15-16(3)43-29;;;;;;/h2*14,16-22,25-27,29,39H,13,15H2,1-12H3;4*1H;;/q;;;;;;2*+2/p-4/t2*16?,17-,18-,19+,20-,21?,22+,25?,26+,27+,29?,31+,32-,33?;;;;;;/m00....../s1. The number of rotatable bonds is 12. The SMILES string of the molecule is CC=NC12[C@@H](C)C(=O)[C@H](C)[C@H]3N1C(=O)O[C@]3(C)[C@@H](CC)OC(=O)[C@H](C)C(=O)[C@H](C)[C@@H](OC1OC(C)CC(N(C)C)C1O)[C@]2(C)OC.CC=NC12[C@@H](C)C(=O)[C@H](C)[C@H]3N1C(=O)O[C@]3(C)[C@@H](CC)OC(=O)[C@H](C)C(=O)[C@H](C)[C@@H](OC1OC(C)CC(N(C)C)C1O)[C@]2(C)OC.[I][V][I].[I][V][I]. The third-order valence-electron chi connectivity index (χ3n) is 22.4. The van der Waals surface area contributed by atoms with Gasteiger partial charge in [-0.2, -0.15) is 0 Å². The molecule has 0 radical (unpaired) electrons. The van der Waals surface area contributed by atoms with Gasteiger partial charge in [0.2, 0.25) is 0 Å². The number of Topliss-reactive ketones (excluding diaryl/α,β-unsaturated/α-hetero) is 4. The number of carbonyl (C=O) groups is 8. The van der Waals surface area contributed by atoms with Crippen LogP contribution in [-0.4, -0.2) is 251 Å². The molecule has 0 saturated carbocycles. The average molecular weight is 1910 g/mol. The van der Waals surface area contributed by atoms with Crippen LogP contribution in [0.4, 0.5) is 9.59 Å². The Labute approximate surface area is 637 Å². The number of aliphatic imine (C=N–C) groups is 2. The molecule has 8 bridgehead atoms. The molecule has 558 valence electrons. The van der Waals surface area contributed by atoms with E-state index < -0.39 is 178 Å². The number of likely N-dealkylation sites (N-methyl/N-ethyl adjacent to an activating group) is 2. The van der Waals surface area contributed by atoms with Crippen molar-refractivity contribution in [1.29, 1.82) is 0 Å². The van der Waals surface area contributed by atoms with Gasteiger partial charge in [0.25, 0.3) is 0 Å². The number of aliphatic hydroxyl groups excluding tert-OH is 2. The van der Waals surface area contributed by atoms with Crippen molar-refractivity contribution in [1.82, 2.24) is 19.6 Å². The molecule has 2 amide bonds. The molecule has 8 aliphatic rings. The maximum absolute atomic E-state index is 14.4. The molecule has 8 saturated heterocycles. The number of esters is 2. The summed E-state index contributed by atoms with van der Waals surface area (Å²) in [5.74, 6) is -11.0. The van der Waals surface area contributed by atoms with Crippen molar-refractivity contribution < 1.29 is 115 Å². The number of aliphatic hydroxyl groups is 2. The van der Waals surface area contributed by atoms with Crippen LogP contribution in [0.5, 0.6) is 0 Å². The van der Waals surface area contributed by atoms with Crippen molar-refractivity contribution in [3.05, 3.63) is 0 Å². The third kappa shape index (κ3) is 15.5. The summed E-state index contributed by atoms with van der Waals surface area (Å²) in [4.78, 5) is 129. The number of methoxy groups -OCH3 is 2. The molecule has 2 N–H and O–H groups in total. The molecule has 98 heavy (non-hydrogen) atoms. The molecule has 0 spiro atoms. The van der Waals surface area contributed by atoms with Crippen molar-refractivity contribution in [2.75, 3.05) is 42.4 Å². The molecule has 26 nitrogen and oxygen atoms in total. The molecule has 0 aromatic heterocycles. The first-order chi connectivity index (χ1) is 45.6. The van der Waals surface area contributed by atoms with Gasteiger partial charge in [-0.3, -0.25) is 48.6 Å². The van der Waals surface area contributed by atoms with Gasteiger partial charge in [-0.15, -0.1) is 0 Å². The quantitative estimate of drug-likeness (QED) is 0.0606. The third-order valence-corrected chi connectivity index (χ3v) is 22.4. The van der Waals surface area contributed by atoms with Crippen molar-refractivity contribution in [3.8, 4) is 0 Å². The minimum atomic E-state index is -1.80. The Balaban J connectivity index is 0.000000328.